The maximum absolute atomic E-state index is 12.1. The molecule has 7 heteroatoms. The van der Waals surface area contributed by atoms with Crippen molar-refractivity contribution in [3.05, 3.63) is 27.2 Å². The molecule has 1 aromatic carbocycles. The number of hydrogen-bond donors (Lipinski definition) is 1. The van der Waals surface area contributed by atoms with Gasteiger partial charge in [0, 0.05) is 6.54 Å². The highest BCUT2D eigenvalue weighted by molar-refractivity contribution is 7.89. The van der Waals surface area contributed by atoms with E-state index in [2.05, 4.69) is 11.6 Å². The molecule has 0 aliphatic carbocycles. The van der Waals surface area contributed by atoms with Gasteiger partial charge in [-0.25, -0.2) is 13.1 Å². The second kappa shape index (κ2) is 7.70. The van der Waals surface area contributed by atoms with Gasteiger partial charge < -0.3 is 0 Å². The van der Waals surface area contributed by atoms with E-state index in [4.69, 9.17) is 34.8 Å². The summed E-state index contributed by atoms with van der Waals surface area (Å²) >= 11 is 17.5. The highest BCUT2D eigenvalue weighted by Gasteiger charge is 2.19. The van der Waals surface area contributed by atoms with E-state index in [1.54, 1.807) is 0 Å². The summed E-state index contributed by atoms with van der Waals surface area (Å²) in [5.41, 5.74) is 0. The third-order valence-corrected chi connectivity index (χ3v) is 5.23. The average molecular weight is 345 g/mol. The summed E-state index contributed by atoms with van der Waals surface area (Å²) in [6.45, 7) is 2.48. The van der Waals surface area contributed by atoms with Crippen LogP contribution in [-0.2, 0) is 10.0 Å². The molecule has 1 aromatic rings. The number of nitrogens with one attached hydrogen (secondary N) is 1. The van der Waals surface area contributed by atoms with Gasteiger partial charge in [0.15, 0.2) is 0 Å². The number of benzene rings is 1. The monoisotopic (exact) mass is 343 g/mol. The van der Waals surface area contributed by atoms with Gasteiger partial charge in [-0.3, -0.25) is 0 Å². The van der Waals surface area contributed by atoms with Crippen LogP contribution in [0.2, 0.25) is 15.1 Å². The summed E-state index contributed by atoms with van der Waals surface area (Å²) in [4.78, 5) is -0.0425. The van der Waals surface area contributed by atoms with Gasteiger partial charge in [-0.1, -0.05) is 61.0 Å². The maximum atomic E-state index is 12.1. The predicted molar refractivity (Wildman–Crippen MR) is 80.8 cm³/mol. The SMILES string of the molecule is CCCCCCNS(=O)(=O)c1cc(Cl)c(Cl)cc1Cl. The fraction of sp³-hybridized carbons (Fsp3) is 0.500. The van der Waals surface area contributed by atoms with Crippen molar-refractivity contribution in [3.8, 4) is 0 Å². The van der Waals surface area contributed by atoms with Gasteiger partial charge in [-0.05, 0) is 18.6 Å². The van der Waals surface area contributed by atoms with Gasteiger partial charge >= 0.3 is 0 Å². The van der Waals surface area contributed by atoms with E-state index in [-0.39, 0.29) is 20.0 Å². The lowest BCUT2D eigenvalue weighted by molar-refractivity contribution is 0.573. The molecule has 0 fully saturated rings. The van der Waals surface area contributed by atoms with Gasteiger partial charge in [0.25, 0.3) is 0 Å². The van der Waals surface area contributed by atoms with E-state index in [0.717, 1.165) is 25.7 Å². The summed E-state index contributed by atoms with van der Waals surface area (Å²) < 4.78 is 26.6. The molecule has 1 rings (SSSR count). The molecule has 0 saturated heterocycles. The van der Waals surface area contributed by atoms with Gasteiger partial charge in [0.1, 0.15) is 4.90 Å². The van der Waals surface area contributed by atoms with Crippen molar-refractivity contribution in [3.63, 3.8) is 0 Å². The van der Waals surface area contributed by atoms with Crippen molar-refractivity contribution in [2.24, 2.45) is 0 Å². The molecule has 0 aliphatic rings. The molecule has 0 spiro atoms. The van der Waals surface area contributed by atoms with E-state index in [1.165, 1.54) is 12.1 Å². The minimum atomic E-state index is -3.64. The molecule has 0 heterocycles. The minimum Gasteiger partial charge on any atom is -0.211 e. The van der Waals surface area contributed by atoms with Crippen LogP contribution >= 0.6 is 34.8 Å². The minimum absolute atomic E-state index is 0.0425. The molecule has 0 saturated carbocycles. The van der Waals surface area contributed by atoms with Crippen LogP contribution in [0, 0.1) is 0 Å². The zero-order valence-electron chi connectivity index (χ0n) is 10.5. The van der Waals surface area contributed by atoms with Gasteiger partial charge in [-0.2, -0.15) is 0 Å². The molecule has 0 bridgehead atoms. The van der Waals surface area contributed by atoms with Crippen LogP contribution in [0.5, 0.6) is 0 Å². The summed E-state index contributed by atoms with van der Waals surface area (Å²) in [6, 6.07) is 2.59. The van der Waals surface area contributed by atoms with Crippen LogP contribution in [0.3, 0.4) is 0 Å². The van der Waals surface area contributed by atoms with Gasteiger partial charge in [-0.15, -0.1) is 0 Å². The molecular formula is C12H16Cl3NO2S. The zero-order valence-corrected chi connectivity index (χ0v) is 13.6. The van der Waals surface area contributed by atoms with E-state index in [1.807, 2.05) is 0 Å². The molecular weight excluding hydrogens is 329 g/mol. The molecule has 0 aliphatic heterocycles. The first-order chi connectivity index (χ1) is 8.88. The van der Waals surface area contributed by atoms with Crippen LogP contribution in [0.25, 0.3) is 0 Å². The molecule has 0 aromatic heterocycles. The molecule has 19 heavy (non-hydrogen) atoms. The molecule has 3 nitrogen and oxygen atoms in total. The van der Waals surface area contributed by atoms with Gasteiger partial charge in [0.05, 0.1) is 15.1 Å². The van der Waals surface area contributed by atoms with Crippen molar-refractivity contribution >= 4 is 44.8 Å². The van der Waals surface area contributed by atoms with E-state index in [0.29, 0.717) is 6.54 Å². The van der Waals surface area contributed by atoms with Crippen molar-refractivity contribution in [1.29, 1.82) is 0 Å². The number of halogens is 3. The van der Waals surface area contributed by atoms with Crippen LogP contribution in [0.1, 0.15) is 32.6 Å². The van der Waals surface area contributed by atoms with Crippen LogP contribution < -0.4 is 4.72 Å². The number of rotatable bonds is 7. The number of unbranched alkanes of at least 4 members (excludes halogenated alkanes) is 3. The van der Waals surface area contributed by atoms with E-state index >= 15 is 0 Å². The lowest BCUT2D eigenvalue weighted by Gasteiger charge is -2.09. The Balaban J connectivity index is 2.75. The normalized spacial score (nSPS) is 11.8. The number of hydrogen-bond acceptors (Lipinski definition) is 2. The largest absolute Gasteiger partial charge is 0.242 e. The van der Waals surface area contributed by atoms with Crippen LogP contribution in [-0.4, -0.2) is 15.0 Å². The van der Waals surface area contributed by atoms with E-state index in [9.17, 15) is 8.42 Å². The standard InChI is InChI=1S/C12H16Cl3NO2S/c1-2-3-4-5-6-16-19(17,18)12-8-10(14)9(13)7-11(12)15/h7-8,16H,2-6H2,1H3. The molecule has 108 valence electrons. The summed E-state index contributed by atoms with van der Waals surface area (Å²) in [5.74, 6) is 0. The highest BCUT2D eigenvalue weighted by Crippen LogP contribution is 2.31. The van der Waals surface area contributed by atoms with Crippen molar-refractivity contribution in [1.82, 2.24) is 4.72 Å². The smallest absolute Gasteiger partial charge is 0.211 e. The average Bonchev–Trinajstić information content (AvgIpc) is 2.33. The highest BCUT2D eigenvalue weighted by atomic mass is 35.5. The second-order valence-electron chi connectivity index (χ2n) is 4.16. The van der Waals surface area contributed by atoms with Crippen molar-refractivity contribution in [2.45, 2.75) is 37.5 Å². The first-order valence-corrected chi connectivity index (χ1v) is 8.64. The Kier molecular flexibility index (Phi) is 6.91. The summed E-state index contributed by atoms with van der Waals surface area (Å²) in [6.07, 6.45) is 3.99. The number of sulfonamides is 1. The Labute approximate surface area is 129 Å². The lowest BCUT2D eigenvalue weighted by Crippen LogP contribution is -2.25. The van der Waals surface area contributed by atoms with Gasteiger partial charge in [0.2, 0.25) is 10.0 Å². The quantitative estimate of drug-likeness (QED) is 0.584. The Morgan fingerprint density at radius 1 is 1.00 bits per heavy atom. The fourth-order valence-corrected chi connectivity index (χ4v) is 3.62. The second-order valence-corrected chi connectivity index (χ2v) is 7.11. The Morgan fingerprint density at radius 3 is 2.26 bits per heavy atom. The molecule has 1 N–H and O–H groups in total. The molecule has 0 atom stereocenters. The third kappa shape index (κ3) is 5.12. The lowest BCUT2D eigenvalue weighted by atomic mass is 10.2. The topological polar surface area (TPSA) is 46.2 Å². The fourth-order valence-electron chi connectivity index (χ4n) is 1.55. The first-order valence-electron chi connectivity index (χ1n) is 6.02. The summed E-state index contributed by atoms with van der Waals surface area (Å²) in [5, 5.41) is 0.460. The third-order valence-electron chi connectivity index (χ3n) is 2.59. The predicted octanol–water partition coefficient (Wildman–Crippen LogP) is 4.51. The maximum Gasteiger partial charge on any atom is 0.242 e. The summed E-state index contributed by atoms with van der Waals surface area (Å²) in [7, 11) is -3.64. The Bertz CT molecular complexity index is 532. The zero-order chi connectivity index (χ0) is 14.5. The van der Waals surface area contributed by atoms with Crippen molar-refractivity contribution < 1.29 is 8.42 Å². The van der Waals surface area contributed by atoms with Crippen LogP contribution in [0.15, 0.2) is 17.0 Å². The van der Waals surface area contributed by atoms with E-state index < -0.39 is 10.0 Å². The Hall–Kier alpha value is -0.000000000000000111. The first kappa shape index (κ1) is 17.1. The van der Waals surface area contributed by atoms with Crippen LogP contribution in [0.4, 0.5) is 0 Å². The molecule has 0 unspecified atom stereocenters. The molecule has 0 radical (unpaired) electrons. The Morgan fingerprint density at radius 2 is 1.63 bits per heavy atom. The van der Waals surface area contributed by atoms with Crippen molar-refractivity contribution in [2.75, 3.05) is 6.54 Å². The molecule has 0 amide bonds.